The summed E-state index contributed by atoms with van der Waals surface area (Å²) in [5.74, 6) is 1.17. The molecule has 1 heterocycles. The number of anilines is 1. The molecule has 5 nitrogen and oxygen atoms in total. The molecular formula is C27H31FN2O3. The zero-order valence-electron chi connectivity index (χ0n) is 19.4. The lowest BCUT2D eigenvalue weighted by Crippen LogP contribution is -2.37. The molecule has 1 aliphatic heterocycles. The summed E-state index contributed by atoms with van der Waals surface area (Å²) < 4.78 is 30.3. The topological polar surface area (TPSA) is 43.0 Å². The molecular weight excluding hydrogens is 419 g/mol. The third kappa shape index (κ3) is 5.22. The number of ether oxygens (including phenoxy) is 3. The van der Waals surface area contributed by atoms with Crippen LogP contribution in [0.1, 0.15) is 24.0 Å². The molecule has 1 N–H and O–H groups in total. The van der Waals surface area contributed by atoms with Crippen molar-refractivity contribution in [3.05, 3.63) is 95.3 Å². The predicted molar refractivity (Wildman–Crippen MR) is 129 cm³/mol. The van der Waals surface area contributed by atoms with Crippen LogP contribution in [0.15, 0.2) is 78.4 Å². The second kappa shape index (κ2) is 10.6. The van der Waals surface area contributed by atoms with Crippen LogP contribution in [-0.2, 0) is 20.8 Å². The van der Waals surface area contributed by atoms with Crippen molar-refractivity contribution in [3.8, 4) is 0 Å². The van der Waals surface area contributed by atoms with Gasteiger partial charge in [0.15, 0.2) is 11.5 Å². The summed E-state index contributed by atoms with van der Waals surface area (Å²) in [7, 11) is 4.96. The molecule has 2 aromatic carbocycles. The number of allylic oxidation sites excluding steroid dienone is 1. The van der Waals surface area contributed by atoms with Gasteiger partial charge in [-0.05, 0) is 71.8 Å². The summed E-state index contributed by atoms with van der Waals surface area (Å²) >= 11 is 0. The van der Waals surface area contributed by atoms with Crippen LogP contribution in [0.5, 0.6) is 0 Å². The fourth-order valence-electron chi connectivity index (χ4n) is 4.47. The highest BCUT2D eigenvalue weighted by molar-refractivity contribution is 5.71. The van der Waals surface area contributed by atoms with E-state index in [-0.39, 0.29) is 18.0 Å². The van der Waals surface area contributed by atoms with Crippen molar-refractivity contribution in [2.24, 2.45) is 0 Å². The van der Waals surface area contributed by atoms with Crippen molar-refractivity contribution >= 4 is 11.3 Å². The molecule has 2 atom stereocenters. The van der Waals surface area contributed by atoms with Crippen LogP contribution in [0.2, 0.25) is 0 Å². The number of rotatable bonds is 8. The SMILES string of the molecule is COC1=C(OC)C(OC)CC(c2cccc(CN(c3ccc(F)cc3)C3C=CNCC3)c2)=C1. The number of nitrogens with zero attached hydrogens (tertiary/aromatic N) is 1. The number of benzene rings is 2. The average molecular weight is 451 g/mol. The van der Waals surface area contributed by atoms with E-state index in [1.807, 2.05) is 24.4 Å². The fraction of sp³-hybridized carbons (Fsp3) is 0.333. The lowest BCUT2D eigenvalue weighted by Gasteiger charge is -2.34. The van der Waals surface area contributed by atoms with Crippen LogP contribution in [-0.4, -0.2) is 40.0 Å². The highest BCUT2D eigenvalue weighted by Gasteiger charge is 2.27. The monoisotopic (exact) mass is 450 g/mol. The number of hydrogen-bond donors (Lipinski definition) is 1. The van der Waals surface area contributed by atoms with Gasteiger partial charge in [0.25, 0.3) is 0 Å². The quantitative estimate of drug-likeness (QED) is 0.612. The summed E-state index contributed by atoms with van der Waals surface area (Å²) in [5.41, 5.74) is 4.44. The molecule has 0 radical (unpaired) electrons. The van der Waals surface area contributed by atoms with Gasteiger partial charge in [0.05, 0.1) is 20.3 Å². The van der Waals surface area contributed by atoms with Gasteiger partial charge in [-0.1, -0.05) is 18.2 Å². The summed E-state index contributed by atoms with van der Waals surface area (Å²) in [5, 5.41) is 3.26. The maximum atomic E-state index is 13.6. The molecule has 0 fully saturated rings. The lowest BCUT2D eigenvalue weighted by molar-refractivity contribution is 0.0692. The summed E-state index contributed by atoms with van der Waals surface area (Å²) in [6.07, 6.45) is 7.70. The van der Waals surface area contributed by atoms with E-state index < -0.39 is 0 Å². The number of hydrogen-bond acceptors (Lipinski definition) is 5. The average Bonchev–Trinajstić information content (AvgIpc) is 2.87. The summed E-state index contributed by atoms with van der Waals surface area (Å²) in [6, 6.07) is 15.5. The lowest BCUT2D eigenvalue weighted by atomic mass is 9.92. The third-order valence-corrected chi connectivity index (χ3v) is 6.20. The van der Waals surface area contributed by atoms with E-state index >= 15 is 0 Å². The van der Waals surface area contributed by atoms with Gasteiger partial charge in [0.2, 0.25) is 0 Å². The van der Waals surface area contributed by atoms with E-state index in [1.54, 1.807) is 21.3 Å². The molecule has 0 spiro atoms. The van der Waals surface area contributed by atoms with Crippen molar-refractivity contribution in [1.29, 1.82) is 0 Å². The van der Waals surface area contributed by atoms with Crippen LogP contribution in [0.25, 0.3) is 5.57 Å². The van der Waals surface area contributed by atoms with E-state index in [0.29, 0.717) is 24.5 Å². The third-order valence-electron chi connectivity index (χ3n) is 6.20. The van der Waals surface area contributed by atoms with Crippen molar-refractivity contribution in [2.75, 3.05) is 32.8 Å². The van der Waals surface area contributed by atoms with Crippen molar-refractivity contribution in [1.82, 2.24) is 5.32 Å². The van der Waals surface area contributed by atoms with Crippen molar-refractivity contribution in [3.63, 3.8) is 0 Å². The van der Waals surface area contributed by atoms with Gasteiger partial charge < -0.3 is 24.4 Å². The van der Waals surface area contributed by atoms with Crippen LogP contribution >= 0.6 is 0 Å². The van der Waals surface area contributed by atoms with Crippen molar-refractivity contribution in [2.45, 2.75) is 31.5 Å². The van der Waals surface area contributed by atoms with Gasteiger partial charge in [-0.15, -0.1) is 0 Å². The minimum atomic E-state index is -0.226. The van der Waals surface area contributed by atoms with E-state index in [0.717, 1.165) is 29.8 Å². The Bertz CT molecular complexity index is 1050. The normalized spacial score (nSPS) is 20.2. The Kier molecular flexibility index (Phi) is 7.35. The number of nitrogens with one attached hydrogen (secondary N) is 1. The smallest absolute Gasteiger partial charge is 0.166 e. The Morgan fingerprint density at radius 1 is 1.06 bits per heavy atom. The largest absolute Gasteiger partial charge is 0.494 e. The Morgan fingerprint density at radius 2 is 1.88 bits per heavy atom. The van der Waals surface area contributed by atoms with Gasteiger partial charge in [-0.25, -0.2) is 4.39 Å². The highest BCUT2D eigenvalue weighted by atomic mass is 19.1. The number of methoxy groups -OCH3 is 3. The first-order valence-corrected chi connectivity index (χ1v) is 11.2. The number of halogens is 1. The molecule has 33 heavy (non-hydrogen) atoms. The first kappa shape index (κ1) is 22.9. The van der Waals surface area contributed by atoms with E-state index in [9.17, 15) is 4.39 Å². The molecule has 0 saturated heterocycles. The predicted octanol–water partition coefficient (Wildman–Crippen LogP) is 5.01. The summed E-state index contributed by atoms with van der Waals surface area (Å²) in [4.78, 5) is 2.33. The molecule has 0 bridgehead atoms. The molecule has 2 aliphatic rings. The molecule has 6 heteroatoms. The van der Waals surface area contributed by atoms with E-state index in [2.05, 4.69) is 40.6 Å². The molecule has 2 unspecified atom stereocenters. The summed E-state index contributed by atoms with van der Waals surface area (Å²) in [6.45, 7) is 1.63. The Morgan fingerprint density at radius 3 is 2.55 bits per heavy atom. The van der Waals surface area contributed by atoms with Crippen LogP contribution in [0, 0.1) is 5.82 Å². The molecule has 0 aromatic heterocycles. The Labute approximate surface area is 195 Å². The Balaban J connectivity index is 1.64. The van der Waals surface area contributed by atoms with E-state index in [4.69, 9.17) is 14.2 Å². The fourth-order valence-corrected chi connectivity index (χ4v) is 4.47. The zero-order valence-corrected chi connectivity index (χ0v) is 19.4. The first-order chi connectivity index (χ1) is 16.1. The highest BCUT2D eigenvalue weighted by Crippen LogP contribution is 2.34. The molecule has 4 rings (SSSR count). The van der Waals surface area contributed by atoms with Crippen LogP contribution < -0.4 is 10.2 Å². The standard InChI is InChI=1S/C27H31FN2O3/c1-31-25-16-21(17-26(32-2)27(25)33-3)20-6-4-5-19(15-20)18-30(24-11-13-29-14-12-24)23-9-7-22(28)8-10-23/h4-11,13,15-16,24,26,29H,12,14,17-18H2,1-3H3. The van der Waals surface area contributed by atoms with Gasteiger partial charge >= 0.3 is 0 Å². The maximum absolute atomic E-state index is 13.6. The zero-order chi connectivity index (χ0) is 23.2. The second-order valence-electron chi connectivity index (χ2n) is 8.21. The molecule has 0 saturated carbocycles. The molecule has 0 amide bonds. The Hall–Kier alpha value is -3.25. The van der Waals surface area contributed by atoms with Crippen molar-refractivity contribution < 1.29 is 18.6 Å². The van der Waals surface area contributed by atoms with Gasteiger partial charge in [0.1, 0.15) is 11.9 Å². The van der Waals surface area contributed by atoms with Crippen LogP contribution in [0.3, 0.4) is 0 Å². The minimum absolute atomic E-state index is 0.191. The van der Waals surface area contributed by atoms with Crippen LogP contribution in [0.4, 0.5) is 10.1 Å². The minimum Gasteiger partial charge on any atom is -0.494 e. The maximum Gasteiger partial charge on any atom is 0.166 e. The molecule has 1 aliphatic carbocycles. The van der Waals surface area contributed by atoms with Gasteiger partial charge in [0, 0.05) is 32.3 Å². The molecule has 2 aromatic rings. The van der Waals surface area contributed by atoms with E-state index in [1.165, 1.54) is 17.7 Å². The first-order valence-electron chi connectivity index (χ1n) is 11.2. The van der Waals surface area contributed by atoms with Gasteiger partial charge in [-0.2, -0.15) is 0 Å². The second-order valence-corrected chi connectivity index (χ2v) is 8.21. The molecule has 174 valence electrons. The van der Waals surface area contributed by atoms with Gasteiger partial charge in [-0.3, -0.25) is 0 Å².